The maximum Gasteiger partial charge on any atom is 0.483 e. The molecule has 0 saturated heterocycles. The predicted molar refractivity (Wildman–Crippen MR) is 106 cm³/mol. The van der Waals surface area contributed by atoms with E-state index in [9.17, 15) is 23.5 Å². The summed E-state index contributed by atoms with van der Waals surface area (Å²) >= 11 is 0. The topological polar surface area (TPSA) is 84.7 Å². The third kappa shape index (κ3) is 3.02. The molecule has 0 bridgehead atoms. The molecular weight excluding hydrogens is 396 g/mol. The lowest BCUT2D eigenvalue weighted by molar-refractivity contribution is -0.193. The molecule has 7 nitrogen and oxygen atoms in total. The average molecular weight is 415 g/mol. The molecule has 2 heterocycles. The van der Waals surface area contributed by atoms with Crippen molar-refractivity contribution >= 4 is 22.5 Å². The first-order chi connectivity index (χ1) is 14.1. The number of aliphatic hydroxyl groups excluding tert-OH is 1. The number of halogens is 2. The number of aromatic nitrogens is 2. The Bertz CT molecular complexity index is 1240. The Morgan fingerprint density at radius 3 is 2.60 bits per heavy atom. The summed E-state index contributed by atoms with van der Waals surface area (Å²) in [7, 11) is 1.47. The molecule has 0 spiro atoms. The van der Waals surface area contributed by atoms with Gasteiger partial charge in [0.2, 0.25) is 0 Å². The van der Waals surface area contributed by atoms with Gasteiger partial charge in [0.05, 0.1) is 29.2 Å². The molecule has 0 unspecified atom stereocenters. The van der Waals surface area contributed by atoms with E-state index in [4.69, 9.17) is 0 Å². The third-order valence-electron chi connectivity index (χ3n) is 5.19. The molecule has 9 heteroatoms. The molecule has 1 N–H and O–H groups in total. The van der Waals surface area contributed by atoms with E-state index in [1.54, 1.807) is 25.1 Å². The van der Waals surface area contributed by atoms with E-state index >= 15 is 0 Å². The van der Waals surface area contributed by atoms with Gasteiger partial charge < -0.3 is 9.84 Å². The Labute approximate surface area is 170 Å². The highest BCUT2D eigenvalue weighted by Crippen LogP contribution is 2.44. The fraction of sp³-hybridized carbons (Fsp3) is 0.286. The number of anilines is 1. The predicted octanol–water partition coefficient (Wildman–Crippen LogP) is 2.81. The Kier molecular flexibility index (Phi) is 4.58. The summed E-state index contributed by atoms with van der Waals surface area (Å²) in [5.74, 6) is -1.71. The van der Waals surface area contributed by atoms with E-state index in [1.165, 1.54) is 36.7 Å². The van der Waals surface area contributed by atoms with Gasteiger partial charge in [-0.15, -0.1) is 0 Å². The molecule has 30 heavy (non-hydrogen) atoms. The van der Waals surface area contributed by atoms with E-state index < -0.39 is 18.1 Å². The van der Waals surface area contributed by atoms with Crippen LogP contribution in [0.4, 0.5) is 14.5 Å². The van der Waals surface area contributed by atoms with Crippen LogP contribution in [0.25, 0.3) is 10.9 Å². The molecule has 156 valence electrons. The fourth-order valence-corrected chi connectivity index (χ4v) is 3.55. The molecule has 1 aromatic heterocycles. The van der Waals surface area contributed by atoms with Crippen molar-refractivity contribution in [3.05, 3.63) is 63.7 Å². The molecule has 1 aliphatic heterocycles. The Hall–Kier alpha value is -3.33. The SMILES string of the molecule is Cc1cccc2c(=O)n(C)c(CN3C(=O)C(F)(F)Oc4c([C@H](C)O)cccc43)nc12. The Morgan fingerprint density at radius 1 is 1.20 bits per heavy atom. The van der Waals surface area contributed by atoms with Gasteiger partial charge in [-0.25, -0.2) is 4.98 Å². The zero-order chi connectivity index (χ0) is 21.8. The maximum atomic E-state index is 14.4. The highest BCUT2D eigenvalue weighted by molar-refractivity contribution is 6.01. The van der Waals surface area contributed by atoms with Crippen molar-refractivity contribution in [2.45, 2.75) is 32.6 Å². The zero-order valence-electron chi connectivity index (χ0n) is 16.5. The van der Waals surface area contributed by atoms with E-state index in [2.05, 4.69) is 9.72 Å². The maximum absolute atomic E-state index is 14.4. The number of benzene rings is 2. The van der Waals surface area contributed by atoms with Crippen LogP contribution in [0, 0.1) is 6.92 Å². The van der Waals surface area contributed by atoms with Gasteiger partial charge in [0, 0.05) is 12.6 Å². The molecule has 2 aromatic carbocycles. The smallest absolute Gasteiger partial charge is 0.423 e. The molecular formula is C21H19F2N3O4. The lowest BCUT2D eigenvalue weighted by Gasteiger charge is -2.35. The summed E-state index contributed by atoms with van der Waals surface area (Å²) in [6.07, 6.45) is -5.21. The lowest BCUT2D eigenvalue weighted by Crippen LogP contribution is -2.51. The third-order valence-corrected chi connectivity index (χ3v) is 5.19. The van der Waals surface area contributed by atoms with E-state index in [-0.39, 0.29) is 34.9 Å². The van der Waals surface area contributed by atoms with Gasteiger partial charge in [-0.3, -0.25) is 19.1 Å². The van der Waals surface area contributed by atoms with Gasteiger partial charge in [-0.05, 0) is 31.5 Å². The first kappa shape index (κ1) is 20.0. The number of aliphatic hydroxyl groups is 1. The van der Waals surface area contributed by atoms with Crippen molar-refractivity contribution in [1.29, 1.82) is 0 Å². The normalized spacial score (nSPS) is 16.3. The van der Waals surface area contributed by atoms with Crippen molar-refractivity contribution < 1.29 is 23.4 Å². The Morgan fingerprint density at radius 2 is 1.90 bits per heavy atom. The summed E-state index contributed by atoms with van der Waals surface area (Å²) in [6.45, 7) is 2.83. The molecule has 0 saturated carbocycles. The zero-order valence-corrected chi connectivity index (χ0v) is 16.5. The first-order valence-corrected chi connectivity index (χ1v) is 9.27. The average Bonchev–Trinajstić information content (AvgIpc) is 2.69. The van der Waals surface area contributed by atoms with Crippen molar-refractivity contribution in [3.63, 3.8) is 0 Å². The largest absolute Gasteiger partial charge is 0.483 e. The number of carbonyl (C=O) groups excluding carboxylic acids is 1. The van der Waals surface area contributed by atoms with E-state index in [1.807, 2.05) is 0 Å². The number of fused-ring (bicyclic) bond motifs is 2. The summed E-state index contributed by atoms with van der Waals surface area (Å²) in [5.41, 5.74) is 1.05. The number of carbonyl (C=O) groups is 1. The van der Waals surface area contributed by atoms with E-state index in [0.717, 1.165) is 10.5 Å². The Balaban J connectivity index is 1.89. The number of para-hydroxylation sites is 2. The van der Waals surface area contributed by atoms with Crippen LogP contribution in [-0.2, 0) is 18.4 Å². The molecule has 1 aliphatic rings. The van der Waals surface area contributed by atoms with Crippen LogP contribution in [0.5, 0.6) is 5.75 Å². The number of amides is 1. The van der Waals surface area contributed by atoms with Crippen molar-refractivity contribution in [2.24, 2.45) is 7.05 Å². The number of nitrogens with zero attached hydrogens (tertiary/aromatic N) is 3. The van der Waals surface area contributed by atoms with Gasteiger partial charge in [0.25, 0.3) is 5.56 Å². The highest BCUT2D eigenvalue weighted by atomic mass is 19.3. The number of aryl methyl sites for hydroxylation is 1. The van der Waals surface area contributed by atoms with Crippen LogP contribution in [0.3, 0.4) is 0 Å². The highest BCUT2D eigenvalue weighted by Gasteiger charge is 2.51. The molecule has 0 aliphatic carbocycles. The molecule has 0 radical (unpaired) electrons. The van der Waals surface area contributed by atoms with Gasteiger partial charge in [0.15, 0.2) is 5.75 Å². The summed E-state index contributed by atoms with van der Waals surface area (Å²) in [6, 6.07) is 9.58. The molecule has 4 rings (SSSR count). The second-order valence-electron chi connectivity index (χ2n) is 7.24. The van der Waals surface area contributed by atoms with Crippen LogP contribution in [-0.4, -0.2) is 26.7 Å². The van der Waals surface area contributed by atoms with E-state index in [0.29, 0.717) is 10.9 Å². The van der Waals surface area contributed by atoms with Crippen LogP contribution in [0.1, 0.15) is 30.0 Å². The molecule has 0 fully saturated rings. The minimum Gasteiger partial charge on any atom is -0.423 e. The van der Waals surface area contributed by atoms with Gasteiger partial charge in [-0.2, -0.15) is 8.78 Å². The van der Waals surface area contributed by atoms with Crippen LogP contribution < -0.4 is 15.2 Å². The van der Waals surface area contributed by atoms with Crippen LogP contribution in [0.2, 0.25) is 0 Å². The molecule has 1 amide bonds. The fourth-order valence-electron chi connectivity index (χ4n) is 3.55. The first-order valence-electron chi connectivity index (χ1n) is 9.27. The standard InChI is InChI=1S/C21H19F2N3O4/c1-11-6-4-8-14-17(11)24-16(25(3)19(14)28)10-26-15-9-5-7-13(12(2)27)18(15)30-21(22,23)20(26)29/h4-9,12,27H,10H2,1-3H3/t12-/m0/s1. The number of alkyl halides is 2. The molecule has 1 atom stereocenters. The van der Waals surface area contributed by atoms with Crippen molar-refractivity contribution in [1.82, 2.24) is 9.55 Å². The summed E-state index contributed by atoms with van der Waals surface area (Å²) < 4.78 is 34.7. The minimum atomic E-state index is -4.12. The van der Waals surface area contributed by atoms with Gasteiger partial charge >= 0.3 is 12.0 Å². The monoisotopic (exact) mass is 415 g/mol. The number of hydrogen-bond acceptors (Lipinski definition) is 5. The number of hydrogen-bond donors (Lipinski definition) is 1. The van der Waals surface area contributed by atoms with Gasteiger partial charge in [0.1, 0.15) is 5.82 Å². The quantitative estimate of drug-likeness (QED) is 0.711. The van der Waals surface area contributed by atoms with Crippen LogP contribution >= 0.6 is 0 Å². The summed E-state index contributed by atoms with van der Waals surface area (Å²) in [5, 5.41) is 10.3. The van der Waals surface area contributed by atoms with Crippen molar-refractivity contribution in [2.75, 3.05) is 4.90 Å². The molecule has 3 aromatic rings. The van der Waals surface area contributed by atoms with Crippen molar-refractivity contribution in [3.8, 4) is 5.75 Å². The lowest BCUT2D eigenvalue weighted by atomic mass is 10.1. The number of rotatable bonds is 3. The summed E-state index contributed by atoms with van der Waals surface area (Å²) in [4.78, 5) is 30.6. The second kappa shape index (κ2) is 6.88. The minimum absolute atomic E-state index is 0.0726. The van der Waals surface area contributed by atoms with Crippen LogP contribution in [0.15, 0.2) is 41.2 Å². The second-order valence-corrected chi connectivity index (χ2v) is 7.24. The number of ether oxygens (including phenoxy) is 1. The van der Waals surface area contributed by atoms with Gasteiger partial charge in [-0.1, -0.05) is 24.3 Å².